The van der Waals surface area contributed by atoms with Gasteiger partial charge in [-0.25, -0.2) is 9.59 Å². The molecular weight excluding hydrogens is 440 g/mol. The van der Waals surface area contributed by atoms with Gasteiger partial charge in [-0.3, -0.25) is 0 Å². The van der Waals surface area contributed by atoms with Gasteiger partial charge in [0.1, 0.15) is 29.8 Å². The van der Waals surface area contributed by atoms with E-state index in [2.05, 4.69) is 34.9 Å². The monoisotopic (exact) mass is 470 g/mol. The summed E-state index contributed by atoms with van der Waals surface area (Å²) >= 11 is 0. The van der Waals surface area contributed by atoms with E-state index in [4.69, 9.17) is 19.7 Å². The number of hydrogen-bond donors (Lipinski definition) is 5. The lowest BCUT2D eigenvalue weighted by molar-refractivity contribution is -0.134. The van der Waals surface area contributed by atoms with Gasteiger partial charge in [0.05, 0.1) is 11.7 Å². The first-order valence-electron chi connectivity index (χ1n) is 11.0. The van der Waals surface area contributed by atoms with Crippen LogP contribution in [0.2, 0.25) is 0 Å². The number of anilines is 1. The van der Waals surface area contributed by atoms with Crippen molar-refractivity contribution in [1.29, 1.82) is 0 Å². The van der Waals surface area contributed by atoms with Gasteiger partial charge in [-0.15, -0.1) is 0 Å². The number of carboxylic acid groups (broad SMARTS) is 2. The van der Waals surface area contributed by atoms with Crippen LogP contribution in [0.5, 0.6) is 11.5 Å². The van der Waals surface area contributed by atoms with E-state index in [1.165, 1.54) is 5.56 Å². The van der Waals surface area contributed by atoms with Crippen LogP contribution in [-0.4, -0.2) is 58.7 Å². The molecule has 0 fully saturated rings. The molecule has 2 aliphatic rings. The molecule has 9 heteroatoms. The Balaban J connectivity index is 0.000000350. The molecule has 0 saturated heterocycles. The molecular formula is C25H30N2O7. The standard InChI is InChI=1S/C21H26N2O3.C4H4O4/c1-21(2)20(24)19(23-9-8-14-6-4-3-5-7-14)15-12-16-18(13-17(15)26-21)25-11-10-22-16;5-3(6)1-2-4(7)8/h3-7,12-13,19-20,22-24H,8-11H2,1-2H3;1-2H,(H,5,6)(H,7,8)/b;2-1-/t19-,20+;/m1./s1. The minimum atomic E-state index is -1.26. The molecule has 5 N–H and O–H groups in total. The number of hydrogen-bond acceptors (Lipinski definition) is 7. The van der Waals surface area contributed by atoms with Crippen molar-refractivity contribution in [1.82, 2.24) is 5.32 Å². The van der Waals surface area contributed by atoms with Crippen LogP contribution in [0, 0.1) is 0 Å². The van der Waals surface area contributed by atoms with Crippen molar-refractivity contribution >= 4 is 17.6 Å². The maximum atomic E-state index is 10.9. The summed E-state index contributed by atoms with van der Waals surface area (Å²) in [6.45, 7) is 6.06. The third kappa shape index (κ3) is 6.49. The third-order valence-electron chi connectivity index (χ3n) is 5.51. The number of aliphatic hydroxyl groups excluding tert-OH is 1. The molecule has 2 aromatic rings. The largest absolute Gasteiger partial charge is 0.489 e. The predicted molar refractivity (Wildman–Crippen MR) is 126 cm³/mol. The fraction of sp³-hybridized carbons (Fsp3) is 0.360. The molecule has 0 aromatic heterocycles. The first kappa shape index (κ1) is 25.1. The minimum absolute atomic E-state index is 0.188. The summed E-state index contributed by atoms with van der Waals surface area (Å²) < 4.78 is 11.8. The van der Waals surface area contributed by atoms with Crippen molar-refractivity contribution < 1.29 is 34.4 Å². The van der Waals surface area contributed by atoms with Crippen molar-refractivity contribution in [3.8, 4) is 11.5 Å². The number of nitrogens with one attached hydrogen (secondary N) is 2. The second-order valence-corrected chi connectivity index (χ2v) is 8.49. The minimum Gasteiger partial charge on any atom is -0.489 e. The molecule has 0 bridgehead atoms. The number of carbonyl (C=O) groups is 2. The molecule has 2 aliphatic heterocycles. The van der Waals surface area contributed by atoms with Crippen molar-refractivity contribution in [2.45, 2.75) is 38.0 Å². The Kier molecular flexibility index (Phi) is 8.14. The van der Waals surface area contributed by atoms with Gasteiger partial charge in [0.2, 0.25) is 0 Å². The molecule has 0 spiro atoms. The highest BCUT2D eigenvalue weighted by molar-refractivity contribution is 5.89. The van der Waals surface area contributed by atoms with E-state index in [1.807, 2.05) is 32.0 Å². The van der Waals surface area contributed by atoms with Gasteiger partial charge < -0.3 is 35.4 Å². The Bertz CT molecular complexity index is 1020. The van der Waals surface area contributed by atoms with Crippen LogP contribution >= 0.6 is 0 Å². The lowest BCUT2D eigenvalue weighted by Crippen LogP contribution is -2.52. The number of rotatable bonds is 6. The van der Waals surface area contributed by atoms with E-state index in [9.17, 15) is 14.7 Å². The highest BCUT2D eigenvalue weighted by Crippen LogP contribution is 2.45. The first-order chi connectivity index (χ1) is 16.2. The highest BCUT2D eigenvalue weighted by atomic mass is 16.5. The Labute approximate surface area is 198 Å². The molecule has 182 valence electrons. The maximum Gasteiger partial charge on any atom is 0.328 e. The normalized spacial score (nSPS) is 19.9. The van der Waals surface area contributed by atoms with Gasteiger partial charge in [-0.1, -0.05) is 30.3 Å². The highest BCUT2D eigenvalue weighted by Gasteiger charge is 2.43. The summed E-state index contributed by atoms with van der Waals surface area (Å²) in [5, 5.41) is 33.4. The summed E-state index contributed by atoms with van der Waals surface area (Å²) in [4.78, 5) is 19.1. The second-order valence-electron chi connectivity index (χ2n) is 8.49. The Hall–Kier alpha value is -3.56. The number of fused-ring (bicyclic) bond motifs is 2. The van der Waals surface area contributed by atoms with E-state index in [1.54, 1.807) is 0 Å². The van der Waals surface area contributed by atoms with Gasteiger partial charge in [0, 0.05) is 30.3 Å². The Morgan fingerprint density at radius 1 is 1.12 bits per heavy atom. The van der Waals surface area contributed by atoms with Crippen LogP contribution in [0.15, 0.2) is 54.6 Å². The van der Waals surface area contributed by atoms with Crippen LogP contribution in [0.1, 0.15) is 31.0 Å². The Morgan fingerprint density at radius 2 is 1.79 bits per heavy atom. The number of benzene rings is 2. The van der Waals surface area contributed by atoms with Crippen LogP contribution in [0.3, 0.4) is 0 Å². The first-order valence-corrected chi connectivity index (χ1v) is 11.0. The summed E-state index contributed by atoms with van der Waals surface area (Å²) in [7, 11) is 0. The summed E-state index contributed by atoms with van der Waals surface area (Å²) in [5.41, 5.74) is 2.54. The summed E-state index contributed by atoms with van der Waals surface area (Å²) in [5.74, 6) is -0.926. The van der Waals surface area contributed by atoms with Gasteiger partial charge in [-0.05, 0) is 38.4 Å². The van der Waals surface area contributed by atoms with E-state index in [0.717, 1.165) is 42.3 Å². The SMILES string of the molecule is CC1(C)Oc2cc3c(cc2[C@@H](NCCc2ccccc2)[C@@H]1O)NCCO3.O=C(O)/C=C\C(=O)O. The topological polar surface area (TPSA) is 137 Å². The molecule has 34 heavy (non-hydrogen) atoms. The number of carboxylic acids is 2. The Morgan fingerprint density at radius 3 is 2.44 bits per heavy atom. The zero-order valence-corrected chi connectivity index (χ0v) is 19.2. The van der Waals surface area contributed by atoms with Gasteiger partial charge in [-0.2, -0.15) is 0 Å². The summed E-state index contributed by atoms with van der Waals surface area (Å²) in [6, 6.07) is 14.2. The maximum absolute atomic E-state index is 10.9. The average molecular weight is 471 g/mol. The molecule has 0 saturated carbocycles. The van der Waals surface area contributed by atoms with Gasteiger partial charge in [0.25, 0.3) is 0 Å². The molecule has 0 unspecified atom stereocenters. The lowest BCUT2D eigenvalue weighted by atomic mass is 9.86. The van der Waals surface area contributed by atoms with Gasteiger partial charge in [0.15, 0.2) is 0 Å². The number of ether oxygens (including phenoxy) is 2. The molecule has 0 aliphatic carbocycles. The number of aliphatic carboxylic acids is 2. The van der Waals surface area contributed by atoms with E-state index in [-0.39, 0.29) is 6.04 Å². The van der Waals surface area contributed by atoms with Crippen LogP contribution in [0.4, 0.5) is 5.69 Å². The molecule has 0 radical (unpaired) electrons. The van der Waals surface area contributed by atoms with Gasteiger partial charge >= 0.3 is 11.9 Å². The van der Waals surface area contributed by atoms with Crippen LogP contribution < -0.4 is 20.1 Å². The molecule has 2 heterocycles. The zero-order chi connectivity index (χ0) is 24.7. The lowest BCUT2D eigenvalue weighted by Gasteiger charge is -2.43. The second kappa shape index (κ2) is 11.0. The summed E-state index contributed by atoms with van der Waals surface area (Å²) in [6.07, 6.45) is 1.38. The van der Waals surface area contributed by atoms with E-state index < -0.39 is 23.6 Å². The molecule has 2 atom stereocenters. The van der Waals surface area contributed by atoms with Crippen molar-refractivity contribution in [2.24, 2.45) is 0 Å². The van der Waals surface area contributed by atoms with Crippen molar-refractivity contribution in [2.75, 3.05) is 25.0 Å². The molecule has 9 nitrogen and oxygen atoms in total. The fourth-order valence-corrected chi connectivity index (χ4v) is 3.81. The third-order valence-corrected chi connectivity index (χ3v) is 5.51. The van der Waals surface area contributed by atoms with E-state index >= 15 is 0 Å². The quantitative estimate of drug-likeness (QED) is 0.403. The van der Waals surface area contributed by atoms with E-state index in [0.29, 0.717) is 18.8 Å². The molecule has 0 amide bonds. The molecule has 2 aromatic carbocycles. The predicted octanol–water partition coefficient (Wildman–Crippen LogP) is 2.61. The number of aliphatic hydroxyl groups is 1. The fourth-order valence-electron chi connectivity index (χ4n) is 3.81. The van der Waals surface area contributed by atoms with Crippen molar-refractivity contribution in [3.63, 3.8) is 0 Å². The smallest absolute Gasteiger partial charge is 0.328 e. The average Bonchev–Trinajstić information content (AvgIpc) is 2.80. The van der Waals surface area contributed by atoms with Crippen molar-refractivity contribution in [3.05, 3.63) is 65.7 Å². The van der Waals surface area contributed by atoms with Crippen LogP contribution in [0.25, 0.3) is 0 Å². The van der Waals surface area contributed by atoms with Crippen LogP contribution in [-0.2, 0) is 16.0 Å². The zero-order valence-electron chi connectivity index (χ0n) is 19.2. The molecule has 4 rings (SSSR count).